The second-order valence-corrected chi connectivity index (χ2v) is 4.68. The van der Waals surface area contributed by atoms with Gasteiger partial charge in [-0.15, -0.1) is 0 Å². The third kappa shape index (κ3) is 4.47. The summed E-state index contributed by atoms with van der Waals surface area (Å²) < 4.78 is 10.8. The molecule has 19 heavy (non-hydrogen) atoms. The van der Waals surface area contributed by atoms with Crippen molar-refractivity contribution >= 4 is 17.5 Å². The van der Waals surface area contributed by atoms with Crippen molar-refractivity contribution < 1.29 is 9.47 Å². The van der Waals surface area contributed by atoms with Crippen molar-refractivity contribution in [2.24, 2.45) is 0 Å². The van der Waals surface area contributed by atoms with Crippen LogP contribution >= 0.6 is 11.6 Å². The minimum absolute atomic E-state index is 0.169. The fraction of sp³-hybridized carbons (Fsp3) is 0.750. The average Bonchev–Trinajstić information content (AvgIpc) is 2.44. The smallest absolute Gasteiger partial charge is 0.322 e. The summed E-state index contributed by atoms with van der Waals surface area (Å²) in [6, 6.07) is 0.303. The van der Waals surface area contributed by atoms with Crippen LogP contribution in [0.5, 0.6) is 6.01 Å². The quantitative estimate of drug-likeness (QED) is 0.745. The molecule has 7 heteroatoms. The lowest BCUT2D eigenvalue weighted by molar-refractivity contribution is 0.122. The highest BCUT2D eigenvalue weighted by Crippen LogP contribution is 2.16. The molecule has 106 valence electrons. The Hall–Kier alpha value is -1.14. The fourth-order valence-corrected chi connectivity index (χ4v) is 1.95. The van der Waals surface area contributed by atoms with E-state index in [0.717, 1.165) is 32.4 Å². The molecule has 1 aliphatic rings. The first-order valence-corrected chi connectivity index (χ1v) is 7.04. The maximum Gasteiger partial charge on any atom is 0.322 e. The highest BCUT2D eigenvalue weighted by atomic mass is 35.5. The van der Waals surface area contributed by atoms with Crippen LogP contribution < -0.4 is 9.64 Å². The number of halogens is 1. The Kier molecular flexibility index (Phi) is 5.60. The van der Waals surface area contributed by atoms with E-state index in [1.165, 1.54) is 0 Å². The first-order valence-electron chi connectivity index (χ1n) is 6.66. The van der Waals surface area contributed by atoms with E-state index in [2.05, 4.69) is 21.9 Å². The Morgan fingerprint density at radius 2 is 2.00 bits per heavy atom. The lowest BCUT2D eigenvalue weighted by Crippen LogP contribution is -2.37. The highest BCUT2D eigenvalue weighted by Gasteiger charge is 2.16. The summed E-state index contributed by atoms with van der Waals surface area (Å²) in [5.41, 5.74) is 0. The van der Waals surface area contributed by atoms with Crippen molar-refractivity contribution in [3.05, 3.63) is 5.28 Å². The Morgan fingerprint density at radius 3 is 2.74 bits per heavy atom. The molecule has 0 unspecified atom stereocenters. The van der Waals surface area contributed by atoms with E-state index < -0.39 is 0 Å². The van der Waals surface area contributed by atoms with Crippen LogP contribution in [0.1, 0.15) is 26.2 Å². The van der Waals surface area contributed by atoms with Crippen molar-refractivity contribution in [3.8, 4) is 6.01 Å². The van der Waals surface area contributed by atoms with E-state index in [9.17, 15) is 0 Å². The van der Waals surface area contributed by atoms with Gasteiger partial charge in [0.1, 0.15) is 0 Å². The molecule has 2 rings (SSSR count). The number of nitrogens with zero attached hydrogens (tertiary/aromatic N) is 4. The number of hydrogen-bond donors (Lipinski definition) is 0. The van der Waals surface area contributed by atoms with E-state index in [1.54, 1.807) is 0 Å². The van der Waals surface area contributed by atoms with Crippen molar-refractivity contribution in [1.82, 2.24) is 15.0 Å². The molecule has 0 amide bonds. The summed E-state index contributed by atoms with van der Waals surface area (Å²) in [6.45, 7) is 5.63. The van der Waals surface area contributed by atoms with Crippen LogP contribution in [0.3, 0.4) is 0 Å². The Labute approximate surface area is 118 Å². The van der Waals surface area contributed by atoms with Gasteiger partial charge in [0, 0.05) is 13.1 Å². The van der Waals surface area contributed by atoms with Crippen LogP contribution in [-0.2, 0) is 4.74 Å². The first kappa shape index (κ1) is 14.3. The van der Waals surface area contributed by atoms with E-state index >= 15 is 0 Å². The summed E-state index contributed by atoms with van der Waals surface area (Å²) >= 11 is 5.91. The molecule has 1 aromatic rings. The van der Waals surface area contributed by atoms with Gasteiger partial charge < -0.3 is 14.4 Å². The molecule has 0 N–H and O–H groups in total. The van der Waals surface area contributed by atoms with Crippen LogP contribution in [0.4, 0.5) is 5.95 Å². The van der Waals surface area contributed by atoms with E-state index in [-0.39, 0.29) is 5.28 Å². The molecule has 0 atom stereocenters. The number of ether oxygens (including phenoxy) is 2. The molecule has 1 fully saturated rings. The molecule has 0 radical (unpaired) electrons. The van der Waals surface area contributed by atoms with Gasteiger partial charge in [0.25, 0.3) is 0 Å². The van der Waals surface area contributed by atoms with E-state index in [4.69, 9.17) is 21.1 Å². The standard InChI is InChI=1S/C12H19ClN4O2/c1-2-3-4-7-19-12-15-10(13)14-11(16-12)17-5-8-18-9-6-17/h2-9H2,1H3. The zero-order valence-electron chi connectivity index (χ0n) is 11.1. The van der Waals surface area contributed by atoms with Crippen molar-refractivity contribution in [1.29, 1.82) is 0 Å². The lowest BCUT2D eigenvalue weighted by Gasteiger charge is -2.26. The summed E-state index contributed by atoms with van der Waals surface area (Å²) in [7, 11) is 0. The molecule has 1 aromatic heterocycles. The minimum atomic E-state index is 0.169. The SMILES string of the molecule is CCCCCOc1nc(Cl)nc(N2CCOCC2)n1. The third-order valence-corrected chi connectivity index (χ3v) is 3.02. The Bertz CT molecular complexity index is 399. The second kappa shape index (κ2) is 7.45. The van der Waals surface area contributed by atoms with Crippen LogP contribution in [0.2, 0.25) is 5.28 Å². The molecular weight excluding hydrogens is 268 g/mol. The molecule has 6 nitrogen and oxygen atoms in total. The molecule has 1 aliphatic heterocycles. The van der Waals surface area contributed by atoms with Crippen molar-refractivity contribution in [3.63, 3.8) is 0 Å². The molecule has 0 aromatic carbocycles. The van der Waals surface area contributed by atoms with Crippen molar-refractivity contribution in [2.75, 3.05) is 37.8 Å². The fourth-order valence-electron chi connectivity index (χ4n) is 1.81. The van der Waals surface area contributed by atoms with E-state index in [1.807, 2.05) is 4.90 Å². The molecule has 0 saturated carbocycles. The lowest BCUT2D eigenvalue weighted by atomic mass is 10.3. The molecule has 0 bridgehead atoms. The monoisotopic (exact) mass is 286 g/mol. The zero-order valence-corrected chi connectivity index (χ0v) is 11.9. The number of aromatic nitrogens is 3. The van der Waals surface area contributed by atoms with Gasteiger partial charge in [-0.1, -0.05) is 19.8 Å². The van der Waals surface area contributed by atoms with Gasteiger partial charge in [-0.3, -0.25) is 0 Å². The number of rotatable bonds is 6. The second-order valence-electron chi connectivity index (χ2n) is 4.34. The molecule has 0 aliphatic carbocycles. The summed E-state index contributed by atoms with van der Waals surface area (Å²) in [4.78, 5) is 14.4. The topological polar surface area (TPSA) is 60.4 Å². The molecular formula is C12H19ClN4O2. The van der Waals surface area contributed by atoms with Crippen LogP contribution in [0, 0.1) is 0 Å². The predicted octanol–water partition coefficient (Wildman–Crippen LogP) is 1.93. The summed E-state index contributed by atoms with van der Waals surface area (Å²) in [5, 5.41) is 0.169. The molecule has 0 spiro atoms. The van der Waals surface area contributed by atoms with Crippen LogP contribution in [0.25, 0.3) is 0 Å². The molecule has 1 saturated heterocycles. The maximum atomic E-state index is 5.91. The number of unbranched alkanes of at least 4 members (excludes halogenated alkanes) is 2. The van der Waals surface area contributed by atoms with Gasteiger partial charge >= 0.3 is 6.01 Å². The largest absolute Gasteiger partial charge is 0.463 e. The maximum absolute atomic E-state index is 5.91. The van der Waals surface area contributed by atoms with Gasteiger partial charge in [0.15, 0.2) is 0 Å². The van der Waals surface area contributed by atoms with Crippen molar-refractivity contribution in [2.45, 2.75) is 26.2 Å². The number of anilines is 1. The van der Waals surface area contributed by atoms with Crippen LogP contribution in [-0.4, -0.2) is 47.9 Å². The van der Waals surface area contributed by atoms with Crippen LogP contribution in [0.15, 0.2) is 0 Å². The highest BCUT2D eigenvalue weighted by molar-refractivity contribution is 6.28. The normalized spacial score (nSPS) is 15.6. The predicted molar refractivity (Wildman–Crippen MR) is 72.9 cm³/mol. The van der Waals surface area contributed by atoms with Gasteiger partial charge in [0.2, 0.25) is 11.2 Å². The Balaban J connectivity index is 1.97. The number of morpholine rings is 1. The third-order valence-electron chi connectivity index (χ3n) is 2.85. The van der Waals surface area contributed by atoms with Gasteiger partial charge in [-0.05, 0) is 18.0 Å². The van der Waals surface area contributed by atoms with E-state index in [0.29, 0.717) is 31.8 Å². The summed E-state index contributed by atoms with van der Waals surface area (Å²) in [6.07, 6.45) is 3.28. The van der Waals surface area contributed by atoms with Gasteiger partial charge in [-0.2, -0.15) is 15.0 Å². The van der Waals surface area contributed by atoms with Gasteiger partial charge in [0.05, 0.1) is 19.8 Å². The number of hydrogen-bond acceptors (Lipinski definition) is 6. The Morgan fingerprint density at radius 1 is 1.21 bits per heavy atom. The summed E-state index contributed by atoms with van der Waals surface area (Å²) in [5.74, 6) is 0.564. The first-order chi connectivity index (χ1) is 9.29. The zero-order chi connectivity index (χ0) is 13.5. The minimum Gasteiger partial charge on any atom is -0.463 e. The molecule has 2 heterocycles. The average molecular weight is 287 g/mol. The van der Waals surface area contributed by atoms with Gasteiger partial charge in [-0.25, -0.2) is 0 Å².